The van der Waals surface area contributed by atoms with E-state index in [9.17, 15) is 0 Å². The zero-order valence-electron chi connectivity index (χ0n) is 11.5. The van der Waals surface area contributed by atoms with Crippen molar-refractivity contribution in [1.29, 1.82) is 0 Å². The second-order valence-electron chi connectivity index (χ2n) is 4.33. The molecule has 4 heteroatoms. The molecule has 2 N–H and O–H groups in total. The van der Waals surface area contributed by atoms with Crippen molar-refractivity contribution in [1.82, 2.24) is 0 Å². The van der Waals surface area contributed by atoms with Gasteiger partial charge in [-0.3, -0.25) is 0 Å². The highest BCUT2D eigenvalue weighted by atomic mass is 28.2. The first-order valence-corrected chi connectivity index (χ1v) is 8.65. The molecule has 3 nitrogen and oxygen atoms in total. The van der Waals surface area contributed by atoms with Crippen LogP contribution in [0.1, 0.15) is 25.8 Å². The van der Waals surface area contributed by atoms with E-state index in [4.69, 9.17) is 15.2 Å². The molecule has 0 aromatic heterocycles. The van der Waals surface area contributed by atoms with Gasteiger partial charge in [-0.15, -0.1) is 0 Å². The lowest BCUT2D eigenvalue weighted by atomic mass is 10.1. The molecule has 0 amide bonds. The summed E-state index contributed by atoms with van der Waals surface area (Å²) in [5.41, 5.74) is 7.86. The van der Waals surface area contributed by atoms with Gasteiger partial charge in [-0.1, -0.05) is 24.6 Å². The van der Waals surface area contributed by atoms with Crippen LogP contribution in [0.4, 0.5) is 5.69 Å². The quantitative estimate of drug-likeness (QED) is 0.323. The van der Waals surface area contributed by atoms with Crippen LogP contribution in [0.3, 0.4) is 0 Å². The molecule has 102 valence electrons. The van der Waals surface area contributed by atoms with Crippen molar-refractivity contribution < 1.29 is 9.47 Å². The first-order valence-electron chi connectivity index (χ1n) is 6.83. The SMILES string of the molecule is CCOC(OCC)[SiH2]CCCc1ccc(N)cc1. The van der Waals surface area contributed by atoms with Crippen LogP contribution in [0.2, 0.25) is 6.04 Å². The number of nitrogens with two attached hydrogens (primary N) is 1. The molecule has 0 aliphatic carbocycles. The maximum absolute atomic E-state index is 5.66. The van der Waals surface area contributed by atoms with Crippen molar-refractivity contribution in [2.45, 2.75) is 38.6 Å². The third kappa shape index (κ3) is 6.19. The minimum absolute atomic E-state index is 0.103. The molecule has 1 rings (SSSR count). The monoisotopic (exact) mass is 267 g/mol. The summed E-state index contributed by atoms with van der Waals surface area (Å²) >= 11 is 0. The fraction of sp³-hybridized carbons (Fsp3) is 0.571. The highest BCUT2D eigenvalue weighted by molar-refractivity contribution is 6.36. The summed E-state index contributed by atoms with van der Waals surface area (Å²) in [5, 5.41) is 0. The summed E-state index contributed by atoms with van der Waals surface area (Å²) in [6.07, 6.45) is 2.34. The Morgan fingerprint density at radius 1 is 1.11 bits per heavy atom. The molecule has 0 radical (unpaired) electrons. The Balaban J connectivity index is 2.18. The van der Waals surface area contributed by atoms with Crippen LogP contribution in [-0.2, 0) is 15.9 Å². The molecule has 0 atom stereocenters. The van der Waals surface area contributed by atoms with E-state index in [1.165, 1.54) is 18.0 Å². The van der Waals surface area contributed by atoms with Crippen molar-refractivity contribution in [3.8, 4) is 0 Å². The van der Waals surface area contributed by atoms with Crippen molar-refractivity contribution >= 4 is 15.2 Å². The third-order valence-electron chi connectivity index (χ3n) is 2.84. The summed E-state index contributed by atoms with van der Waals surface area (Å²) in [4.78, 5) is 0. The maximum atomic E-state index is 5.66. The van der Waals surface area contributed by atoms with E-state index in [1.807, 2.05) is 26.0 Å². The van der Waals surface area contributed by atoms with E-state index in [1.54, 1.807) is 0 Å². The molecule has 18 heavy (non-hydrogen) atoms. The van der Waals surface area contributed by atoms with E-state index in [0.29, 0.717) is 0 Å². The predicted octanol–water partition coefficient (Wildman–Crippen LogP) is 2.15. The summed E-state index contributed by atoms with van der Waals surface area (Å²) in [7, 11) is -0.290. The lowest BCUT2D eigenvalue weighted by molar-refractivity contribution is -0.0827. The highest BCUT2D eigenvalue weighted by Gasteiger charge is 2.07. The molecule has 0 aliphatic heterocycles. The number of nitrogen functional groups attached to an aromatic ring is 1. The molecule has 0 aliphatic rings. The molecule has 1 aromatic carbocycles. The van der Waals surface area contributed by atoms with Crippen LogP contribution in [0.25, 0.3) is 0 Å². The van der Waals surface area contributed by atoms with Crippen molar-refractivity contribution in [2.75, 3.05) is 18.9 Å². The van der Waals surface area contributed by atoms with Crippen LogP contribution < -0.4 is 5.73 Å². The second-order valence-corrected chi connectivity index (χ2v) is 6.28. The number of ether oxygens (including phenoxy) is 2. The first kappa shape index (κ1) is 15.2. The lowest BCUT2D eigenvalue weighted by Gasteiger charge is -2.16. The van der Waals surface area contributed by atoms with Crippen molar-refractivity contribution in [2.24, 2.45) is 0 Å². The van der Waals surface area contributed by atoms with E-state index in [0.717, 1.165) is 25.3 Å². The summed E-state index contributed by atoms with van der Waals surface area (Å²) in [6.45, 7) is 5.54. The van der Waals surface area contributed by atoms with Crippen LogP contribution in [0.15, 0.2) is 24.3 Å². The fourth-order valence-electron chi connectivity index (χ4n) is 1.91. The molecule has 0 bridgehead atoms. The van der Waals surface area contributed by atoms with E-state index >= 15 is 0 Å². The number of hydrogen-bond acceptors (Lipinski definition) is 3. The highest BCUT2D eigenvalue weighted by Crippen LogP contribution is 2.09. The summed E-state index contributed by atoms with van der Waals surface area (Å²) < 4.78 is 11.1. The molecule has 0 unspecified atom stereocenters. The Hall–Kier alpha value is -0.843. The average molecular weight is 267 g/mol. The Morgan fingerprint density at radius 3 is 2.28 bits per heavy atom. The van der Waals surface area contributed by atoms with Gasteiger partial charge in [-0.2, -0.15) is 0 Å². The predicted molar refractivity (Wildman–Crippen MR) is 79.6 cm³/mol. The Kier molecular flexibility index (Phi) is 7.72. The second kappa shape index (κ2) is 9.14. The molecule has 0 fully saturated rings. The van der Waals surface area contributed by atoms with E-state index < -0.39 is 0 Å². The fourth-order valence-corrected chi connectivity index (χ4v) is 3.59. The topological polar surface area (TPSA) is 44.5 Å². The van der Waals surface area contributed by atoms with Gasteiger partial charge in [0, 0.05) is 18.9 Å². The molecular weight excluding hydrogens is 242 g/mol. The Morgan fingerprint density at radius 2 is 1.72 bits per heavy atom. The zero-order chi connectivity index (χ0) is 13.2. The van der Waals surface area contributed by atoms with Crippen molar-refractivity contribution in [3.63, 3.8) is 0 Å². The minimum atomic E-state index is -0.290. The lowest BCUT2D eigenvalue weighted by Crippen LogP contribution is -2.24. The normalized spacial score (nSPS) is 11.7. The average Bonchev–Trinajstić information content (AvgIpc) is 2.37. The van der Waals surface area contributed by atoms with Gasteiger partial charge in [0.25, 0.3) is 0 Å². The first-order chi connectivity index (χ1) is 8.76. The van der Waals surface area contributed by atoms with Gasteiger partial charge in [0.15, 0.2) is 0 Å². The van der Waals surface area contributed by atoms with Crippen LogP contribution >= 0.6 is 0 Å². The summed E-state index contributed by atoms with van der Waals surface area (Å²) in [5.74, 6) is 0.103. The number of hydrogen-bond donors (Lipinski definition) is 1. The van der Waals surface area contributed by atoms with E-state index in [-0.39, 0.29) is 15.4 Å². The number of aryl methyl sites for hydroxylation is 1. The van der Waals surface area contributed by atoms with Gasteiger partial charge in [0.2, 0.25) is 0 Å². The van der Waals surface area contributed by atoms with Gasteiger partial charge in [-0.25, -0.2) is 0 Å². The van der Waals surface area contributed by atoms with Gasteiger partial charge in [0.05, 0.1) is 9.52 Å². The standard InChI is InChI=1S/C14H25NO2Si/c1-3-16-14(17-4-2)18-11-5-6-12-7-9-13(15)10-8-12/h7-10,14H,3-6,11,15,18H2,1-2H3. The number of benzene rings is 1. The molecule has 0 heterocycles. The van der Waals surface area contributed by atoms with Gasteiger partial charge < -0.3 is 15.2 Å². The molecule has 0 saturated heterocycles. The number of anilines is 1. The van der Waals surface area contributed by atoms with Crippen LogP contribution in [-0.4, -0.2) is 28.6 Å². The molecule has 0 spiro atoms. The van der Waals surface area contributed by atoms with Crippen LogP contribution in [0.5, 0.6) is 0 Å². The van der Waals surface area contributed by atoms with Gasteiger partial charge >= 0.3 is 0 Å². The molecule has 1 aromatic rings. The largest absolute Gasteiger partial charge is 0.399 e. The maximum Gasteiger partial charge on any atom is 0.134 e. The molecule has 0 saturated carbocycles. The Labute approximate surface area is 112 Å². The zero-order valence-corrected chi connectivity index (χ0v) is 12.9. The minimum Gasteiger partial charge on any atom is -0.399 e. The van der Waals surface area contributed by atoms with E-state index in [2.05, 4.69) is 12.1 Å². The summed E-state index contributed by atoms with van der Waals surface area (Å²) in [6, 6.07) is 9.42. The van der Waals surface area contributed by atoms with Crippen molar-refractivity contribution in [3.05, 3.63) is 29.8 Å². The smallest absolute Gasteiger partial charge is 0.134 e. The Bertz CT molecular complexity index is 310. The van der Waals surface area contributed by atoms with Crippen LogP contribution in [0, 0.1) is 0 Å². The molecular formula is C14H25NO2Si. The third-order valence-corrected chi connectivity index (χ3v) is 4.69. The van der Waals surface area contributed by atoms with Gasteiger partial charge in [-0.05, 0) is 38.0 Å². The number of rotatable bonds is 9. The van der Waals surface area contributed by atoms with Gasteiger partial charge in [0.1, 0.15) is 5.91 Å².